The lowest BCUT2D eigenvalue weighted by molar-refractivity contribution is 0.241. The number of sulfonamides is 1. The summed E-state index contributed by atoms with van der Waals surface area (Å²) in [7, 11) is -3.10. The molecule has 5 heteroatoms. The van der Waals surface area contributed by atoms with E-state index in [1.54, 1.807) is 0 Å². The Kier molecular flexibility index (Phi) is 5.26. The summed E-state index contributed by atoms with van der Waals surface area (Å²) in [5.74, 6) is 2.00. The molecule has 3 unspecified atom stereocenters. The first kappa shape index (κ1) is 15.3. The van der Waals surface area contributed by atoms with Crippen LogP contribution in [-0.4, -0.2) is 33.3 Å². The Morgan fingerprint density at radius 1 is 1.05 bits per heavy atom. The van der Waals surface area contributed by atoms with Gasteiger partial charge in [-0.2, -0.15) is 0 Å². The zero-order valence-electron chi connectivity index (χ0n) is 12.2. The molecule has 112 valence electrons. The maximum Gasteiger partial charge on any atom is 0.212 e. The third kappa shape index (κ3) is 4.72. The van der Waals surface area contributed by atoms with Gasteiger partial charge in [0.1, 0.15) is 0 Å². The number of rotatable bonds is 4. The van der Waals surface area contributed by atoms with Gasteiger partial charge in [0, 0.05) is 6.04 Å². The van der Waals surface area contributed by atoms with Crippen LogP contribution in [0, 0.1) is 17.8 Å². The Bertz CT molecular complexity index is 377. The largest absolute Gasteiger partial charge is 0.317 e. The van der Waals surface area contributed by atoms with Crippen molar-refractivity contribution in [1.82, 2.24) is 10.0 Å². The summed E-state index contributed by atoms with van der Waals surface area (Å²) in [4.78, 5) is 0. The normalized spacial score (nSPS) is 34.3. The smallest absolute Gasteiger partial charge is 0.212 e. The van der Waals surface area contributed by atoms with Gasteiger partial charge in [-0.3, -0.25) is 0 Å². The molecule has 0 amide bonds. The molecule has 19 heavy (non-hydrogen) atoms. The van der Waals surface area contributed by atoms with E-state index in [-0.39, 0.29) is 6.04 Å². The first-order chi connectivity index (χ1) is 8.96. The minimum atomic E-state index is -3.10. The van der Waals surface area contributed by atoms with Crippen LogP contribution in [0.5, 0.6) is 0 Å². The van der Waals surface area contributed by atoms with Gasteiger partial charge >= 0.3 is 0 Å². The van der Waals surface area contributed by atoms with E-state index in [4.69, 9.17) is 0 Å². The molecule has 0 aromatic rings. The van der Waals surface area contributed by atoms with Gasteiger partial charge in [-0.1, -0.05) is 13.8 Å². The molecule has 1 saturated carbocycles. The third-order valence-electron chi connectivity index (χ3n) is 4.86. The summed E-state index contributed by atoms with van der Waals surface area (Å²) >= 11 is 0. The molecule has 1 heterocycles. The molecule has 2 rings (SSSR count). The number of nitrogens with one attached hydrogen (secondary N) is 2. The highest BCUT2D eigenvalue weighted by Crippen LogP contribution is 2.29. The maximum atomic E-state index is 12.2. The van der Waals surface area contributed by atoms with Gasteiger partial charge in [-0.25, -0.2) is 13.1 Å². The van der Waals surface area contributed by atoms with E-state index in [1.807, 2.05) is 0 Å². The van der Waals surface area contributed by atoms with Crippen molar-refractivity contribution in [3.05, 3.63) is 0 Å². The van der Waals surface area contributed by atoms with Crippen molar-refractivity contribution in [2.24, 2.45) is 17.8 Å². The first-order valence-corrected chi connectivity index (χ1v) is 9.32. The molecule has 1 aliphatic heterocycles. The molecule has 0 radical (unpaired) electrons. The van der Waals surface area contributed by atoms with Crippen LogP contribution in [0.4, 0.5) is 0 Å². The lowest BCUT2D eigenvalue weighted by atomic mass is 9.79. The minimum absolute atomic E-state index is 0.165. The van der Waals surface area contributed by atoms with E-state index in [0.29, 0.717) is 17.6 Å². The molecule has 1 aliphatic carbocycles. The summed E-state index contributed by atoms with van der Waals surface area (Å²) in [5, 5.41) is 3.28. The van der Waals surface area contributed by atoms with Crippen LogP contribution in [0.15, 0.2) is 0 Å². The Hall–Kier alpha value is -0.130. The molecule has 3 atom stereocenters. The van der Waals surface area contributed by atoms with E-state index in [2.05, 4.69) is 23.9 Å². The van der Waals surface area contributed by atoms with Gasteiger partial charge in [0.05, 0.1) is 5.75 Å². The molecule has 0 aromatic carbocycles. The average Bonchev–Trinajstić information content (AvgIpc) is 2.34. The van der Waals surface area contributed by atoms with Crippen LogP contribution in [0.25, 0.3) is 0 Å². The molecule has 1 saturated heterocycles. The highest BCUT2D eigenvalue weighted by molar-refractivity contribution is 7.89. The van der Waals surface area contributed by atoms with Crippen molar-refractivity contribution in [2.75, 3.05) is 18.8 Å². The van der Waals surface area contributed by atoms with E-state index < -0.39 is 10.0 Å². The van der Waals surface area contributed by atoms with Crippen LogP contribution >= 0.6 is 0 Å². The summed E-state index contributed by atoms with van der Waals surface area (Å²) in [6.07, 6.45) is 5.10. The lowest BCUT2D eigenvalue weighted by Crippen LogP contribution is -2.43. The van der Waals surface area contributed by atoms with Gasteiger partial charge in [-0.15, -0.1) is 0 Å². The van der Waals surface area contributed by atoms with Crippen LogP contribution in [0.1, 0.15) is 46.0 Å². The zero-order chi connectivity index (χ0) is 13.9. The van der Waals surface area contributed by atoms with E-state index in [9.17, 15) is 8.42 Å². The van der Waals surface area contributed by atoms with E-state index >= 15 is 0 Å². The van der Waals surface area contributed by atoms with Gasteiger partial charge in [0.2, 0.25) is 10.0 Å². The van der Waals surface area contributed by atoms with Crippen molar-refractivity contribution < 1.29 is 8.42 Å². The summed E-state index contributed by atoms with van der Waals surface area (Å²) in [6, 6.07) is 0.165. The number of hydrogen-bond acceptors (Lipinski definition) is 3. The second-order valence-corrected chi connectivity index (χ2v) is 8.36. The summed E-state index contributed by atoms with van der Waals surface area (Å²) in [6.45, 7) is 6.42. The molecular weight excluding hydrogens is 260 g/mol. The molecule has 0 bridgehead atoms. The molecule has 2 N–H and O–H groups in total. The van der Waals surface area contributed by atoms with Crippen molar-refractivity contribution >= 4 is 10.0 Å². The summed E-state index contributed by atoms with van der Waals surface area (Å²) < 4.78 is 27.4. The molecule has 0 spiro atoms. The SMILES string of the molecule is CC1CCC(NS(=O)(=O)CC2CCNCC2)CC1C. The van der Waals surface area contributed by atoms with Crippen molar-refractivity contribution in [1.29, 1.82) is 0 Å². The Morgan fingerprint density at radius 3 is 2.37 bits per heavy atom. The minimum Gasteiger partial charge on any atom is -0.317 e. The second kappa shape index (κ2) is 6.55. The predicted octanol–water partition coefficient (Wildman–Crippen LogP) is 1.73. The van der Waals surface area contributed by atoms with E-state index in [1.165, 1.54) is 0 Å². The van der Waals surface area contributed by atoms with Gasteiger partial charge < -0.3 is 5.32 Å². The first-order valence-electron chi connectivity index (χ1n) is 7.67. The van der Waals surface area contributed by atoms with Crippen LogP contribution < -0.4 is 10.0 Å². The van der Waals surface area contributed by atoms with Crippen LogP contribution in [0.2, 0.25) is 0 Å². The number of piperidine rings is 1. The average molecular weight is 288 g/mol. The van der Waals surface area contributed by atoms with Crippen molar-refractivity contribution in [2.45, 2.75) is 52.0 Å². The Balaban J connectivity index is 1.83. The topological polar surface area (TPSA) is 58.2 Å². The van der Waals surface area contributed by atoms with Gasteiger partial charge in [-0.05, 0) is 62.9 Å². The fraction of sp³-hybridized carbons (Fsp3) is 1.00. The number of hydrogen-bond donors (Lipinski definition) is 2. The molecule has 4 nitrogen and oxygen atoms in total. The van der Waals surface area contributed by atoms with Crippen molar-refractivity contribution in [3.8, 4) is 0 Å². The Labute approximate surface area is 117 Å². The predicted molar refractivity (Wildman–Crippen MR) is 78.5 cm³/mol. The molecule has 2 fully saturated rings. The second-order valence-electron chi connectivity index (χ2n) is 6.56. The maximum absolute atomic E-state index is 12.2. The van der Waals surface area contributed by atoms with Crippen LogP contribution in [0.3, 0.4) is 0 Å². The standard InChI is InChI=1S/C14H28N2O2S/c1-11-3-4-14(9-12(11)2)16-19(17,18)10-13-5-7-15-8-6-13/h11-16H,3-10H2,1-2H3. The molecule has 0 aromatic heterocycles. The monoisotopic (exact) mass is 288 g/mol. The lowest BCUT2D eigenvalue weighted by Gasteiger charge is -2.32. The molecular formula is C14H28N2O2S. The van der Waals surface area contributed by atoms with Crippen molar-refractivity contribution in [3.63, 3.8) is 0 Å². The van der Waals surface area contributed by atoms with Crippen LogP contribution in [-0.2, 0) is 10.0 Å². The quantitative estimate of drug-likeness (QED) is 0.828. The van der Waals surface area contributed by atoms with Gasteiger partial charge in [0.15, 0.2) is 0 Å². The summed E-state index contributed by atoms with van der Waals surface area (Å²) in [5.41, 5.74) is 0. The fourth-order valence-electron chi connectivity index (χ4n) is 3.32. The highest BCUT2D eigenvalue weighted by atomic mass is 32.2. The van der Waals surface area contributed by atoms with E-state index in [0.717, 1.165) is 51.1 Å². The zero-order valence-corrected chi connectivity index (χ0v) is 13.0. The third-order valence-corrected chi connectivity index (χ3v) is 6.46. The fourth-order valence-corrected chi connectivity index (χ4v) is 5.09. The Morgan fingerprint density at radius 2 is 1.74 bits per heavy atom. The molecule has 2 aliphatic rings. The highest BCUT2D eigenvalue weighted by Gasteiger charge is 2.29. The van der Waals surface area contributed by atoms with Gasteiger partial charge in [0.25, 0.3) is 0 Å².